The number of methoxy groups -OCH3 is 1. The number of rotatable bonds is 2. The van der Waals surface area contributed by atoms with Gasteiger partial charge in [-0.3, -0.25) is 9.69 Å². The zero-order valence-electron chi connectivity index (χ0n) is 16.7. The van der Waals surface area contributed by atoms with Crippen LogP contribution in [0.25, 0.3) is 11.1 Å². The number of ether oxygens (including phenoxy) is 3. The van der Waals surface area contributed by atoms with Crippen LogP contribution in [0.5, 0.6) is 17.2 Å². The van der Waals surface area contributed by atoms with Crippen LogP contribution in [0, 0.1) is 3.82 Å². The summed E-state index contributed by atoms with van der Waals surface area (Å²) in [7, 11) is 4.81. The summed E-state index contributed by atoms with van der Waals surface area (Å²) in [5, 5.41) is 0. The number of carbonyl (C=O) groups is 1. The van der Waals surface area contributed by atoms with Crippen molar-refractivity contribution in [2.24, 2.45) is 0 Å². The van der Waals surface area contributed by atoms with E-state index in [4.69, 9.17) is 26.4 Å². The van der Waals surface area contributed by atoms with Gasteiger partial charge in [0.2, 0.25) is 0 Å². The van der Waals surface area contributed by atoms with Crippen LogP contribution in [0.15, 0.2) is 36.4 Å². The van der Waals surface area contributed by atoms with Crippen LogP contribution in [-0.2, 0) is 5.54 Å². The average Bonchev–Trinajstić information content (AvgIpc) is 3.15. The Morgan fingerprint density at radius 3 is 2.43 bits per heavy atom. The van der Waals surface area contributed by atoms with E-state index in [9.17, 15) is 4.79 Å². The van der Waals surface area contributed by atoms with Crippen molar-refractivity contribution in [3.05, 3.63) is 50.7 Å². The molecule has 154 valence electrons. The van der Waals surface area contributed by atoms with Crippen molar-refractivity contribution in [1.29, 1.82) is 0 Å². The molecule has 0 aliphatic carbocycles. The highest BCUT2D eigenvalue weighted by Gasteiger charge is 2.44. The molecule has 0 bridgehead atoms. The first-order valence-electron chi connectivity index (χ1n) is 9.48. The fourth-order valence-corrected chi connectivity index (χ4v) is 7.27. The fourth-order valence-electron chi connectivity index (χ4n) is 3.99. The monoisotopic (exact) mass is 457 g/mol. The van der Waals surface area contributed by atoms with E-state index in [2.05, 4.69) is 13.8 Å². The van der Waals surface area contributed by atoms with Gasteiger partial charge in [0.05, 0.1) is 23.2 Å². The first kappa shape index (κ1) is 19.5. The predicted molar refractivity (Wildman–Crippen MR) is 122 cm³/mol. The summed E-state index contributed by atoms with van der Waals surface area (Å²) >= 11 is 5.67. The van der Waals surface area contributed by atoms with E-state index in [0.29, 0.717) is 36.0 Å². The van der Waals surface area contributed by atoms with Gasteiger partial charge in [-0.15, -0.1) is 0 Å². The third kappa shape index (κ3) is 2.85. The second kappa shape index (κ2) is 7.08. The maximum absolute atomic E-state index is 13.8. The van der Waals surface area contributed by atoms with Gasteiger partial charge in [-0.05, 0) is 44.2 Å². The van der Waals surface area contributed by atoms with Crippen LogP contribution >= 0.6 is 32.9 Å². The van der Waals surface area contributed by atoms with E-state index in [1.165, 1.54) is 0 Å². The van der Waals surface area contributed by atoms with E-state index in [1.54, 1.807) is 52.1 Å². The molecule has 1 aromatic heterocycles. The molecule has 5 nitrogen and oxygen atoms in total. The molecule has 1 amide bonds. The Labute approximate surface area is 186 Å². The molecule has 0 spiro atoms. The number of fused-ring (bicyclic) bond motifs is 4. The molecule has 0 saturated heterocycles. The molecule has 2 aliphatic heterocycles. The molecule has 0 N–H and O–H groups in total. The van der Waals surface area contributed by atoms with Crippen LogP contribution in [0.3, 0.4) is 0 Å². The minimum Gasteiger partial charge on any atom is -0.497 e. The number of hydrogen-bond donors (Lipinski definition) is 0. The Kier molecular flexibility index (Phi) is 4.61. The van der Waals surface area contributed by atoms with Crippen molar-refractivity contribution in [3.8, 4) is 28.4 Å². The zero-order chi connectivity index (χ0) is 21.0. The molecular weight excluding hydrogens is 438 g/mol. The normalized spacial score (nSPS) is 15.9. The molecule has 0 atom stereocenters. The molecular formula is C22H19NO4S3. The lowest BCUT2D eigenvalue weighted by Crippen LogP contribution is -2.47. The Bertz CT molecular complexity index is 1210. The van der Waals surface area contributed by atoms with Crippen LogP contribution < -0.4 is 19.1 Å². The van der Waals surface area contributed by atoms with Gasteiger partial charge in [0.25, 0.3) is 5.91 Å². The van der Waals surface area contributed by atoms with Crippen LogP contribution in [0.4, 0.5) is 5.69 Å². The van der Waals surface area contributed by atoms with Crippen molar-refractivity contribution in [3.63, 3.8) is 0 Å². The van der Waals surface area contributed by atoms with E-state index >= 15 is 0 Å². The third-order valence-corrected chi connectivity index (χ3v) is 8.79. The van der Waals surface area contributed by atoms with Crippen LogP contribution in [-0.4, -0.2) is 26.2 Å². The van der Waals surface area contributed by atoms with Crippen LogP contribution in [0.1, 0.15) is 29.1 Å². The molecule has 0 saturated carbocycles. The minimum atomic E-state index is -0.568. The molecule has 8 heteroatoms. The van der Waals surface area contributed by atoms with E-state index in [1.807, 2.05) is 17.0 Å². The number of carbonyl (C=O) groups excluding carboxylic acids is 1. The highest BCUT2D eigenvalue weighted by atomic mass is 32.9. The first-order chi connectivity index (χ1) is 14.4. The lowest BCUT2D eigenvalue weighted by Gasteiger charge is -2.43. The van der Waals surface area contributed by atoms with Gasteiger partial charge in [-0.1, -0.05) is 32.9 Å². The fraction of sp³-hybridized carbons (Fsp3) is 0.273. The summed E-state index contributed by atoms with van der Waals surface area (Å²) in [6.45, 7) is 5.11. The van der Waals surface area contributed by atoms with Gasteiger partial charge in [0.15, 0.2) is 11.5 Å². The molecule has 3 heterocycles. The summed E-state index contributed by atoms with van der Waals surface area (Å²) in [4.78, 5) is 16.7. The molecule has 2 aliphatic rings. The predicted octanol–water partition coefficient (Wildman–Crippen LogP) is 5.88. The molecule has 30 heavy (non-hydrogen) atoms. The smallest absolute Gasteiger partial charge is 0.259 e. The lowest BCUT2D eigenvalue weighted by molar-refractivity contribution is 0.0961. The Balaban J connectivity index is 1.73. The summed E-state index contributed by atoms with van der Waals surface area (Å²) in [5.74, 6) is 1.96. The number of nitrogens with zero attached hydrogens (tertiary/aromatic N) is 1. The summed E-state index contributed by atoms with van der Waals surface area (Å²) < 4.78 is 17.7. The van der Waals surface area contributed by atoms with Crippen molar-refractivity contribution < 1.29 is 19.0 Å². The second-order valence-corrected chi connectivity index (χ2v) is 10.4. The number of hydrogen-bond acceptors (Lipinski definition) is 7. The van der Waals surface area contributed by atoms with Gasteiger partial charge in [0, 0.05) is 22.8 Å². The Hall–Kier alpha value is -2.42. The molecule has 0 unspecified atom stereocenters. The summed E-state index contributed by atoms with van der Waals surface area (Å²) in [6, 6.07) is 11.1. The topological polar surface area (TPSA) is 48.0 Å². The van der Waals surface area contributed by atoms with Gasteiger partial charge in [0.1, 0.15) is 22.8 Å². The van der Waals surface area contributed by atoms with Gasteiger partial charge < -0.3 is 14.2 Å². The molecule has 3 aromatic rings. The summed E-state index contributed by atoms with van der Waals surface area (Å²) in [5.41, 5.74) is 2.75. The number of amides is 1. The Morgan fingerprint density at radius 2 is 1.77 bits per heavy atom. The maximum atomic E-state index is 13.8. The van der Waals surface area contributed by atoms with Crippen molar-refractivity contribution in [2.45, 2.75) is 19.4 Å². The Morgan fingerprint density at radius 1 is 1.10 bits per heavy atom. The highest BCUT2D eigenvalue weighted by Crippen LogP contribution is 2.55. The van der Waals surface area contributed by atoms with Crippen molar-refractivity contribution >= 4 is 44.5 Å². The second-order valence-electron chi connectivity index (χ2n) is 7.60. The lowest BCUT2D eigenvalue weighted by atomic mass is 9.86. The van der Waals surface area contributed by atoms with E-state index < -0.39 is 5.54 Å². The number of anilines is 1. The number of benzene rings is 2. The van der Waals surface area contributed by atoms with E-state index in [0.717, 1.165) is 25.5 Å². The summed E-state index contributed by atoms with van der Waals surface area (Å²) in [6.07, 6.45) is 0. The molecule has 5 rings (SSSR count). The minimum absolute atomic E-state index is 0.0875. The molecule has 0 fully saturated rings. The average molecular weight is 458 g/mol. The quantitative estimate of drug-likeness (QED) is 0.355. The van der Waals surface area contributed by atoms with Gasteiger partial charge in [-0.25, -0.2) is 0 Å². The third-order valence-electron chi connectivity index (χ3n) is 5.46. The molecule has 0 radical (unpaired) electrons. The van der Waals surface area contributed by atoms with Crippen LogP contribution in [0.2, 0.25) is 0 Å². The first-order valence-corrected chi connectivity index (χ1v) is 12.0. The van der Waals surface area contributed by atoms with E-state index in [-0.39, 0.29) is 5.91 Å². The SMILES string of the molecule is COc1ccc(C(=O)N2c3cc4c(cc3-c3c(ssc3=S)C2(C)C)OCCO4)cc1. The standard InChI is InChI=1S/C22H19NO4S3/c1-22(2)19-18(21(28)30-29-19)14-10-16-17(27-9-8-26-16)11-15(14)23(22)20(24)12-4-6-13(25-3)7-5-12/h4-7,10-11H,8-9H2,1-3H3. The van der Waals surface area contributed by atoms with Gasteiger partial charge in [-0.2, -0.15) is 0 Å². The van der Waals surface area contributed by atoms with Crippen molar-refractivity contribution in [2.75, 3.05) is 25.2 Å². The van der Waals surface area contributed by atoms with Gasteiger partial charge >= 0.3 is 0 Å². The maximum Gasteiger partial charge on any atom is 0.259 e. The molecule has 2 aromatic carbocycles. The van der Waals surface area contributed by atoms with Crippen molar-refractivity contribution in [1.82, 2.24) is 0 Å². The zero-order valence-corrected chi connectivity index (χ0v) is 19.1. The largest absolute Gasteiger partial charge is 0.497 e. The highest BCUT2D eigenvalue weighted by molar-refractivity contribution is 7.80.